The van der Waals surface area contributed by atoms with Crippen molar-refractivity contribution in [3.8, 4) is 0 Å². The Bertz CT molecular complexity index is 375. The van der Waals surface area contributed by atoms with Gasteiger partial charge in [0.15, 0.2) is 5.96 Å². The highest BCUT2D eigenvalue weighted by Crippen LogP contribution is 2.12. The molecule has 0 aromatic heterocycles. The van der Waals surface area contributed by atoms with E-state index in [0.717, 1.165) is 84.2 Å². The normalized spacial score (nSPS) is 23.4. The zero-order valence-electron chi connectivity index (χ0n) is 15.1. The van der Waals surface area contributed by atoms with Crippen LogP contribution >= 0.6 is 0 Å². The molecule has 0 aromatic rings. The van der Waals surface area contributed by atoms with Crippen molar-refractivity contribution in [2.24, 2.45) is 10.9 Å². The highest BCUT2D eigenvalue weighted by Gasteiger charge is 2.19. The van der Waals surface area contributed by atoms with Crippen molar-refractivity contribution in [2.75, 3.05) is 59.7 Å². The van der Waals surface area contributed by atoms with Crippen molar-refractivity contribution in [1.82, 2.24) is 15.5 Å². The molecule has 1 atom stereocenters. The molecule has 6 heteroatoms. The van der Waals surface area contributed by atoms with Crippen LogP contribution in [0.4, 0.5) is 0 Å². The smallest absolute Gasteiger partial charge is 0.191 e. The second kappa shape index (κ2) is 11.4. The van der Waals surface area contributed by atoms with Crippen LogP contribution in [0.2, 0.25) is 0 Å². The minimum absolute atomic E-state index is 0.510. The van der Waals surface area contributed by atoms with Crippen LogP contribution in [0.3, 0.4) is 0 Å². The second-order valence-electron chi connectivity index (χ2n) is 6.66. The lowest BCUT2D eigenvalue weighted by Gasteiger charge is -2.32. The number of hydrogen-bond acceptors (Lipinski definition) is 4. The Labute approximate surface area is 146 Å². The molecule has 2 aliphatic heterocycles. The van der Waals surface area contributed by atoms with Crippen LogP contribution in [0.25, 0.3) is 0 Å². The van der Waals surface area contributed by atoms with Crippen molar-refractivity contribution < 1.29 is 9.47 Å². The van der Waals surface area contributed by atoms with Crippen molar-refractivity contribution >= 4 is 5.96 Å². The third-order valence-electron chi connectivity index (χ3n) is 4.67. The fourth-order valence-corrected chi connectivity index (χ4v) is 3.18. The zero-order valence-corrected chi connectivity index (χ0v) is 15.1. The van der Waals surface area contributed by atoms with Crippen LogP contribution in [0, 0.1) is 5.92 Å². The van der Waals surface area contributed by atoms with Crippen LogP contribution in [0.1, 0.15) is 25.7 Å². The summed E-state index contributed by atoms with van der Waals surface area (Å²) in [6.45, 7) is 11.3. The third-order valence-corrected chi connectivity index (χ3v) is 4.67. The average Bonchev–Trinajstić information content (AvgIpc) is 3.12. The lowest BCUT2D eigenvalue weighted by Crippen LogP contribution is -2.48. The molecule has 0 amide bonds. The lowest BCUT2D eigenvalue weighted by atomic mass is 10.1. The monoisotopic (exact) mass is 338 g/mol. The molecule has 138 valence electrons. The van der Waals surface area contributed by atoms with E-state index in [9.17, 15) is 0 Å². The zero-order chi connectivity index (χ0) is 17.0. The average molecular weight is 338 g/mol. The number of aliphatic imine (C=N–C) groups is 1. The van der Waals surface area contributed by atoms with E-state index in [1.165, 1.54) is 0 Å². The fourth-order valence-electron chi connectivity index (χ4n) is 3.18. The van der Waals surface area contributed by atoms with E-state index in [-0.39, 0.29) is 0 Å². The van der Waals surface area contributed by atoms with Crippen LogP contribution in [0.15, 0.2) is 17.6 Å². The summed E-state index contributed by atoms with van der Waals surface area (Å²) in [5, 5.41) is 6.92. The Kier molecular flexibility index (Phi) is 9.16. The number of hydrogen-bond donors (Lipinski definition) is 2. The largest absolute Gasteiger partial charge is 0.381 e. The third kappa shape index (κ3) is 7.20. The van der Waals surface area contributed by atoms with Gasteiger partial charge in [0.2, 0.25) is 0 Å². The molecule has 6 nitrogen and oxygen atoms in total. The van der Waals surface area contributed by atoms with Gasteiger partial charge in [-0.05, 0) is 25.7 Å². The Morgan fingerprint density at radius 1 is 1.38 bits per heavy atom. The van der Waals surface area contributed by atoms with Gasteiger partial charge in [0.05, 0.1) is 13.2 Å². The number of nitrogens with one attached hydrogen (secondary N) is 2. The van der Waals surface area contributed by atoms with Gasteiger partial charge in [0.25, 0.3) is 0 Å². The number of guanidine groups is 1. The maximum absolute atomic E-state index is 5.72. The van der Waals surface area contributed by atoms with Crippen LogP contribution in [-0.4, -0.2) is 76.6 Å². The van der Waals surface area contributed by atoms with Gasteiger partial charge in [0.1, 0.15) is 0 Å². The highest BCUT2D eigenvalue weighted by molar-refractivity contribution is 5.79. The van der Waals surface area contributed by atoms with Gasteiger partial charge < -0.3 is 20.1 Å². The minimum Gasteiger partial charge on any atom is -0.381 e. The Morgan fingerprint density at radius 2 is 2.21 bits per heavy atom. The predicted molar refractivity (Wildman–Crippen MR) is 98.5 cm³/mol. The molecule has 0 saturated carbocycles. The second-order valence-corrected chi connectivity index (χ2v) is 6.66. The SMILES string of the molecule is C=CCN1CCC(NC(=NC)NCCCOCC2CCOC2)CC1. The number of ether oxygens (including phenoxy) is 2. The Morgan fingerprint density at radius 3 is 2.88 bits per heavy atom. The summed E-state index contributed by atoms with van der Waals surface area (Å²) >= 11 is 0. The van der Waals surface area contributed by atoms with Crippen molar-refractivity contribution in [2.45, 2.75) is 31.7 Å². The molecule has 0 aliphatic carbocycles. The molecule has 2 N–H and O–H groups in total. The molecule has 2 heterocycles. The molecule has 0 aromatic carbocycles. The lowest BCUT2D eigenvalue weighted by molar-refractivity contribution is 0.0888. The summed E-state index contributed by atoms with van der Waals surface area (Å²) in [7, 11) is 1.83. The summed E-state index contributed by atoms with van der Waals surface area (Å²) in [5.41, 5.74) is 0. The predicted octanol–water partition coefficient (Wildman–Crippen LogP) is 1.25. The topological polar surface area (TPSA) is 58.1 Å². The molecule has 2 aliphatic rings. The van der Waals surface area contributed by atoms with Crippen LogP contribution < -0.4 is 10.6 Å². The van der Waals surface area contributed by atoms with Crippen molar-refractivity contribution in [3.63, 3.8) is 0 Å². The number of likely N-dealkylation sites (tertiary alicyclic amines) is 1. The first-order chi connectivity index (χ1) is 11.8. The minimum atomic E-state index is 0.510. The molecular weight excluding hydrogens is 304 g/mol. The van der Waals surface area contributed by atoms with Crippen LogP contribution in [-0.2, 0) is 9.47 Å². The van der Waals surface area contributed by atoms with E-state index in [1.807, 2.05) is 13.1 Å². The van der Waals surface area contributed by atoms with Gasteiger partial charge in [-0.25, -0.2) is 0 Å². The molecule has 2 saturated heterocycles. The number of rotatable bonds is 9. The summed E-state index contributed by atoms with van der Waals surface area (Å²) < 4.78 is 11.1. The Balaban J connectivity index is 1.50. The summed E-state index contributed by atoms with van der Waals surface area (Å²) in [5.74, 6) is 1.50. The van der Waals surface area contributed by atoms with E-state index in [1.54, 1.807) is 0 Å². The molecule has 0 radical (unpaired) electrons. The van der Waals surface area contributed by atoms with Crippen LogP contribution in [0.5, 0.6) is 0 Å². The van der Waals surface area contributed by atoms with E-state index >= 15 is 0 Å². The van der Waals surface area contributed by atoms with Gasteiger partial charge in [-0.2, -0.15) is 0 Å². The molecule has 1 unspecified atom stereocenters. The van der Waals surface area contributed by atoms with Gasteiger partial charge in [-0.1, -0.05) is 6.08 Å². The van der Waals surface area contributed by atoms with E-state index in [0.29, 0.717) is 12.0 Å². The molecule has 0 spiro atoms. The summed E-state index contributed by atoms with van der Waals surface area (Å²) in [6.07, 6.45) is 6.42. The van der Waals surface area contributed by atoms with Gasteiger partial charge in [0, 0.05) is 58.4 Å². The van der Waals surface area contributed by atoms with Gasteiger partial charge >= 0.3 is 0 Å². The maximum atomic E-state index is 5.72. The highest BCUT2D eigenvalue weighted by atomic mass is 16.5. The van der Waals surface area contributed by atoms with E-state index in [2.05, 4.69) is 27.1 Å². The molecule has 0 bridgehead atoms. The molecule has 2 fully saturated rings. The maximum Gasteiger partial charge on any atom is 0.191 e. The standard InChI is InChI=1S/C18H34N4O2/c1-3-9-22-10-5-17(6-11-22)21-18(19-2)20-8-4-12-23-14-16-7-13-24-15-16/h3,16-17H,1,4-15H2,2H3,(H2,19,20,21). The first-order valence-electron chi connectivity index (χ1n) is 9.27. The Hall–Kier alpha value is -1.11. The van der Waals surface area contributed by atoms with E-state index < -0.39 is 0 Å². The van der Waals surface area contributed by atoms with E-state index in [4.69, 9.17) is 9.47 Å². The summed E-state index contributed by atoms with van der Waals surface area (Å²) in [4.78, 5) is 6.76. The van der Waals surface area contributed by atoms with Gasteiger partial charge in [-0.15, -0.1) is 6.58 Å². The first kappa shape index (κ1) is 19.2. The quantitative estimate of drug-likeness (QED) is 0.287. The van der Waals surface area contributed by atoms with Crippen molar-refractivity contribution in [1.29, 1.82) is 0 Å². The molecule has 24 heavy (non-hydrogen) atoms. The first-order valence-corrected chi connectivity index (χ1v) is 9.27. The fraction of sp³-hybridized carbons (Fsp3) is 0.833. The number of nitrogens with zero attached hydrogens (tertiary/aromatic N) is 2. The van der Waals surface area contributed by atoms with Crippen molar-refractivity contribution in [3.05, 3.63) is 12.7 Å². The van der Waals surface area contributed by atoms with Gasteiger partial charge in [-0.3, -0.25) is 9.89 Å². The molecular formula is C18H34N4O2. The molecule has 2 rings (SSSR count). The number of piperidine rings is 1. The summed E-state index contributed by atoms with van der Waals surface area (Å²) in [6, 6.07) is 0.510.